The largest absolute Gasteiger partial charge is 0.396 e. The van der Waals surface area contributed by atoms with E-state index in [1.165, 1.54) is 6.42 Å². The zero-order valence-corrected chi connectivity index (χ0v) is 21.8. The van der Waals surface area contributed by atoms with Crippen LogP contribution in [0, 0.1) is 11.8 Å². The Bertz CT molecular complexity index is 773. The van der Waals surface area contributed by atoms with Gasteiger partial charge < -0.3 is 20.6 Å². The molecule has 4 aliphatic rings. The van der Waals surface area contributed by atoms with E-state index in [2.05, 4.69) is 17.6 Å². The average molecular weight is 494 g/mol. The normalized spacial score (nSPS) is 35.0. The summed E-state index contributed by atoms with van der Waals surface area (Å²) in [7, 11) is 0. The molecule has 192 valence electrons. The molecule has 3 aliphatic heterocycles. The van der Waals surface area contributed by atoms with Crippen molar-refractivity contribution in [2.45, 2.75) is 112 Å². The highest BCUT2D eigenvalue weighted by Gasteiger charge is 2.76. The molecule has 3 N–H and O–H groups in total. The van der Waals surface area contributed by atoms with E-state index in [9.17, 15) is 14.4 Å². The van der Waals surface area contributed by atoms with Gasteiger partial charge in [0.2, 0.25) is 17.7 Å². The molecule has 0 radical (unpaired) electrons. The predicted molar refractivity (Wildman–Crippen MR) is 134 cm³/mol. The molecule has 3 heterocycles. The molecule has 1 spiro atoms. The van der Waals surface area contributed by atoms with Gasteiger partial charge in [-0.05, 0) is 51.9 Å². The van der Waals surface area contributed by atoms with Gasteiger partial charge in [-0.3, -0.25) is 14.4 Å². The third-order valence-corrected chi connectivity index (χ3v) is 10.6. The van der Waals surface area contributed by atoms with Crippen LogP contribution in [0.15, 0.2) is 0 Å². The molecular weight excluding hydrogens is 450 g/mol. The molecule has 4 rings (SSSR count). The van der Waals surface area contributed by atoms with Crippen molar-refractivity contribution in [1.82, 2.24) is 15.5 Å². The second-order valence-corrected chi connectivity index (χ2v) is 12.9. The Labute approximate surface area is 208 Å². The van der Waals surface area contributed by atoms with E-state index < -0.39 is 16.7 Å². The Kier molecular flexibility index (Phi) is 8.17. The number of rotatable bonds is 11. The Balaban J connectivity index is 1.59. The number of nitrogens with zero attached hydrogens (tertiary/aromatic N) is 1. The first kappa shape index (κ1) is 25.8. The van der Waals surface area contributed by atoms with Gasteiger partial charge >= 0.3 is 0 Å². The Morgan fingerprint density at radius 2 is 1.82 bits per heavy atom. The lowest BCUT2D eigenvalue weighted by Gasteiger charge is -2.36. The average Bonchev–Trinajstić information content (AvgIpc) is 3.39. The number of nitrogens with one attached hydrogen (secondary N) is 2. The lowest BCUT2D eigenvalue weighted by Crippen LogP contribution is -2.55. The highest BCUT2D eigenvalue weighted by Crippen LogP contribution is 2.71. The van der Waals surface area contributed by atoms with E-state index in [1.807, 2.05) is 11.8 Å². The van der Waals surface area contributed by atoms with Gasteiger partial charge in [0.05, 0.1) is 16.6 Å². The van der Waals surface area contributed by atoms with Gasteiger partial charge in [-0.2, -0.15) is 0 Å². The molecule has 7 nitrogen and oxygen atoms in total. The van der Waals surface area contributed by atoms with Gasteiger partial charge in [0.1, 0.15) is 6.04 Å². The number of aliphatic hydroxyl groups excluding tert-OH is 1. The van der Waals surface area contributed by atoms with Gasteiger partial charge in [-0.15, -0.1) is 11.8 Å². The maximum Gasteiger partial charge on any atom is 0.244 e. The molecule has 0 aromatic heterocycles. The smallest absolute Gasteiger partial charge is 0.244 e. The van der Waals surface area contributed by atoms with Crippen molar-refractivity contribution in [3.63, 3.8) is 0 Å². The first-order valence-corrected chi connectivity index (χ1v) is 14.4. The Hall–Kier alpha value is -1.28. The number of carbonyl (C=O) groups is 3. The monoisotopic (exact) mass is 493 g/mol. The maximum absolute atomic E-state index is 13.9. The topological polar surface area (TPSA) is 98.7 Å². The van der Waals surface area contributed by atoms with Gasteiger partial charge in [0.15, 0.2) is 0 Å². The first-order valence-electron chi connectivity index (χ1n) is 13.6. The van der Waals surface area contributed by atoms with Gasteiger partial charge in [0.25, 0.3) is 0 Å². The summed E-state index contributed by atoms with van der Waals surface area (Å²) in [4.78, 5) is 42.9. The van der Waals surface area contributed by atoms with Crippen molar-refractivity contribution in [3.05, 3.63) is 0 Å². The zero-order chi connectivity index (χ0) is 24.3. The summed E-state index contributed by atoms with van der Waals surface area (Å²) in [5, 5.41) is 15.5. The van der Waals surface area contributed by atoms with Gasteiger partial charge in [-0.25, -0.2) is 0 Å². The van der Waals surface area contributed by atoms with E-state index in [-0.39, 0.29) is 41.0 Å². The highest BCUT2D eigenvalue weighted by molar-refractivity contribution is 8.02. The Morgan fingerprint density at radius 3 is 2.53 bits per heavy atom. The van der Waals surface area contributed by atoms with E-state index in [0.29, 0.717) is 13.1 Å². The van der Waals surface area contributed by atoms with Crippen LogP contribution in [0.25, 0.3) is 0 Å². The minimum absolute atomic E-state index is 0.00136. The molecule has 0 aromatic rings. The summed E-state index contributed by atoms with van der Waals surface area (Å²) >= 11 is 1.76. The summed E-state index contributed by atoms with van der Waals surface area (Å²) in [6, 6.07) is -0.304. The first-order chi connectivity index (χ1) is 16.4. The minimum atomic E-state index is -0.510. The van der Waals surface area contributed by atoms with Crippen LogP contribution in [0.5, 0.6) is 0 Å². The van der Waals surface area contributed by atoms with Gasteiger partial charge in [-0.1, -0.05) is 39.0 Å². The third kappa shape index (κ3) is 4.61. The molecule has 3 amide bonds. The predicted octanol–water partition coefficient (Wildman–Crippen LogP) is 3.00. The van der Waals surface area contributed by atoms with Crippen molar-refractivity contribution in [3.8, 4) is 0 Å². The molecule has 1 aliphatic carbocycles. The lowest BCUT2D eigenvalue weighted by atomic mass is 9.66. The molecular formula is C26H43N3O4S. The number of carbonyl (C=O) groups excluding carboxylic acids is 3. The molecule has 0 aromatic carbocycles. The number of hydrogen-bond donors (Lipinski definition) is 3. The summed E-state index contributed by atoms with van der Waals surface area (Å²) in [6.07, 6.45) is 11.5. The molecule has 4 fully saturated rings. The zero-order valence-electron chi connectivity index (χ0n) is 20.9. The number of fused-ring (bicyclic) bond motifs is 1. The summed E-state index contributed by atoms with van der Waals surface area (Å²) in [5.74, 6) is -0.835. The van der Waals surface area contributed by atoms with E-state index >= 15 is 0 Å². The fourth-order valence-electron chi connectivity index (χ4n) is 7.00. The van der Waals surface area contributed by atoms with E-state index in [0.717, 1.165) is 70.6 Å². The van der Waals surface area contributed by atoms with E-state index in [4.69, 9.17) is 5.11 Å². The molecule has 3 saturated heterocycles. The fourth-order valence-corrected chi connectivity index (χ4v) is 9.36. The molecule has 8 heteroatoms. The quantitative estimate of drug-likeness (QED) is 0.384. The molecule has 2 unspecified atom stereocenters. The number of thioether (sulfide) groups is 1. The molecule has 5 atom stereocenters. The van der Waals surface area contributed by atoms with Crippen molar-refractivity contribution in [1.29, 1.82) is 0 Å². The van der Waals surface area contributed by atoms with E-state index in [1.54, 1.807) is 11.8 Å². The van der Waals surface area contributed by atoms with Crippen LogP contribution >= 0.6 is 11.8 Å². The fraction of sp³-hybridized carbons (Fsp3) is 0.885. The number of hydrogen-bond acceptors (Lipinski definition) is 5. The number of aliphatic hydroxyl groups is 1. The SMILES string of the molecule is CCCNC(=O)[C@@H]1[C@H]2C(=O)N(CCCCCCO)C(C(=O)NC3CCCCC3)C23CC[C@@]1(C)S3. The van der Waals surface area contributed by atoms with Gasteiger partial charge in [0, 0.05) is 30.5 Å². The summed E-state index contributed by atoms with van der Waals surface area (Å²) in [6.45, 7) is 5.51. The Morgan fingerprint density at radius 1 is 1.09 bits per heavy atom. The van der Waals surface area contributed by atoms with Crippen LogP contribution in [0.4, 0.5) is 0 Å². The number of amides is 3. The minimum Gasteiger partial charge on any atom is -0.396 e. The van der Waals surface area contributed by atoms with Crippen LogP contribution in [-0.4, -0.2) is 69.0 Å². The van der Waals surface area contributed by atoms with Crippen LogP contribution in [0.3, 0.4) is 0 Å². The molecule has 34 heavy (non-hydrogen) atoms. The summed E-state index contributed by atoms with van der Waals surface area (Å²) < 4.78 is -0.807. The molecule has 1 saturated carbocycles. The summed E-state index contributed by atoms with van der Waals surface area (Å²) in [5.41, 5.74) is 0. The third-order valence-electron chi connectivity index (χ3n) is 8.62. The maximum atomic E-state index is 13.9. The second kappa shape index (κ2) is 10.8. The van der Waals surface area contributed by atoms with Crippen molar-refractivity contribution in [2.75, 3.05) is 19.7 Å². The van der Waals surface area contributed by atoms with Crippen molar-refractivity contribution < 1.29 is 19.5 Å². The number of unbranched alkanes of at least 4 members (excludes halogenated alkanes) is 3. The number of likely N-dealkylation sites (tertiary alicyclic amines) is 1. The van der Waals surface area contributed by atoms with Crippen LogP contribution in [0.1, 0.15) is 90.9 Å². The molecule has 2 bridgehead atoms. The van der Waals surface area contributed by atoms with Crippen LogP contribution < -0.4 is 10.6 Å². The standard InChI is InChI=1S/C26H43N3O4S/c1-3-15-27-22(31)19-20-24(33)29(16-9-4-5-10-17-30)21(26(20)14-13-25(19,2)34-26)23(32)28-18-11-7-6-8-12-18/h18-21,30H,3-17H2,1-2H3,(H,27,31)(H,28,32)/t19-,20-,21?,25+,26?/m0/s1. The van der Waals surface area contributed by atoms with Crippen molar-refractivity contribution in [2.24, 2.45) is 11.8 Å². The highest BCUT2D eigenvalue weighted by atomic mass is 32.2. The van der Waals surface area contributed by atoms with Crippen LogP contribution in [-0.2, 0) is 14.4 Å². The second-order valence-electron chi connectivity index (χ2n) is 11.0. The lowest BCUT2D eigenvalue weighted by molar-refractivity contribution is -0.140. The van der Waals surface area contributed by atoms with Crippen LogP contribution in [0.2, 0.25) is 0 Å². The van der Waals surface area contributed by atoms with Crippen molar-refractivity contribution >= 4 is 29.5 Å².